The second kappa shape index (κ2) is 6.63. The van der Waals surface area contributed by atoms with Gasteiger partial charge in [0.15, 0.2) is 11.6 Å². The van der Waals surface area contributed by atoms with Crippen LogP contribution in [0.15, 0.2) is 36.7 Å². The SMILES string of the molecule is Cc1ccc(Cl)c(OC(c2cccnc2)[C@H]2CCNC2)c1F. The number of aromatic nitrogens is 1. The largest absolute Gasteiger partial charge is 0.481 e. The fourth-order valence-corrected chi connectivity index (χ4v) is 2.97. The van der Waals surface area contributed by atoms with Crippen molar-refractivity contribution in [1.82, 2.24) is 10.3 Å². The molecule has 0 bridgehead atoms. The van der Waals surface area contributed by atoms with Crippen molar-refractivity contribution in [2.24, 2.45) is 5.92 Å². The second-order valence-electron chi connectivity index (χ2n) is 5.59. The summed E-state index contributed by atoms with van der Waals surface area (Å²) in [5, 5.41) is 3.62. The summed E-state index contributed by atoms with van der Waals surface area (Å²) >= 11 is 6.14. The molecule has 0 spiro atoms. The van der Waals surface area contributed by atoms with Crippen molar-refractivity contribution < 1.29 is 9.13 Å². The van der Waals surface area contributed by atoms with Gasteiger partial charge in [-0.1, -0.05) is 23.7 Å². The van der Waals surface area contributed by atoms with Crippen molar-refractivity contribution in [3.8, 4) is 5.75 Å². The smallest absolute Gasteiger partial charge is 0.174 e. The molecule has 1 saturated heterocycles. The lowest BCUT2D eigenvalue weighted by Crippen LogP contribution is -2.22. The van der Waals surface area contributed by atoms with Crippen LogP contribution in [0.1, 0.15) is 23.7 Å². The molecule has 2 atom stereocenters. The number of benzene rings is 1. The van der Waals surface area contributed by atoms with Crippen molar-refractivity contribution in [3.05, 3.63) is 58.6 Å². The number of halogens is 2. The zero-order valence-electron chi connectivity index (χ0n) is 12.4. The number of hydrogen-bond acceptors (Lipinski definition) is 3. The van der Waals surface area contributed by atoms with Crippen LogP contribution in [-0.4, -0.2) is 18.1 Å². The van der Waals surface area contributed by atoms with Gasteiger partial charge in [-0.05, 0) is 37.6 Å². The molecule has 0 saturated carbocycles. The van der Waals surface area contributed by atoms with Crippen molar-refractivity contribution >= 4 is 11.6 Å². The molecule has 116 valence electrons. The summed E-state index contributed by atoms with van der Waals surface area (Å²) in [5.41, 5.74) is 1.46. The van der Waals surface area contributed by atoms with E-state index in [2.05, 4.69) is 10.3 Å². The fourth-order valence-electron chi connectivity index (χ4n) is 2.78. The molecule has 22 heavy (non-hydrogen) atoms. The summed E-state index contributed by atoms with van der Waals surface area (Å²) in [6.45, 7) is 3.48. The number of hydrogen-bond donors (Lipinski definition) is 1. The maximum Gasteiger partial charge on any atom is 0.174 e. The van der Waals surface area contributed by atoms with Gasteiger partial charge in [0.1, 0.15) is 6.10 Å². The van der Waals surface area contributed by atoms with Gasteiger partial charge < -0.3 is 10.1 Å². The first-order valence-corrected chi connectivity index (χ1v) is 7.76. The maximum atomic E-state index is 14.4. The van der Waals surface area contributed by atoms with Crippen LogP contribution in [0.5, 0.6) is 5.75 Å². The Morgan fingerprint density at radius 1 is 1.41 bits per heavy atom. The van der Waals surface area contributed by atoms with Gasteiger partial charge in [0.05, 0.1) is 5.02 Å². The van der Waals surface area contributed by atoms with E-state index in [1.807, 2.05) is 12.1 Å². The lowest BCUT2D eigenvalue weighted by molar-refractivity contribution is 0.138. The Balaban J connectivity index is 1.95. The molecular weight excluding hydrogens is 303 g/mol. The lowest BCUT2D eigenvalue weighted by atomic mass is 9.96. The predicted molar refractivity (Wildman–Crippen MR) is 84.7 cm³/mol. The Morgan fingerprint density at radius 3 is 2.95 bits per heavy atom. The maximum absolute atomic E-state index is 14.4. The molecule has 1 aromatic carbocycles. The molecule has 1 aliphatic heterocycles. The molecule has 2 heterocycles. The average molecular weight is 321 g/mol. The first kappa shape index (κ1) is 15.3. The van der Waals surface area contributed by atoms with Crippen LogP contribution in [-0.2, 0) is 0 Å². The lowest BCUT2D eigenvalue weighted by Gasteiger charge is -2.25. The molecule has 1 aromatic heterocycles. The van der Waals surface area contributed by atoms with Crippen LogP contribution in [0.3, 0.4) is 0 Å². The van der Waals surface area contributed by atoms with Gasteiger partial charge in [0, 0.05) is 30.4 Å². The van der Waals surface area contributed by atoms with Gasteiger partial charge in [-0.15, -0.1) is 0 Å². The number of aryl methyl sites for hydroxylation is 1. The van der Waals surface area contributed by atoms with Gasteiger partial charge in [0.25, 0.3) is 0 Å². The van der Waals surface area contributed by atoms with Crippen LogP contribution in [0.2, 0.25) is 5.02 Å². The highest BCUT2D eigenvalue weighted by Crippen LogP contribution is 2.37. The van der Waals surface area contributed by atoms with E-state index in [1.165, 1.54) is 0 Å². The Labute approximate surface area is 134 Å². The molecule has 5 heteroatoms. The monoisotopic (exact) mass is 320 g/mol. The van der Waals surface area contributed by atoms with Crippen LogP contribution in [0, 0.1) is 18.7 Å². The molecule has 0 radical (unpaired) electrons. The fraction of sp³-hybridized carbons (Fsp3) is 0.353. The summed E-state index contributed by atoms with van der Waals surface area (Å²) < 4.78 is 20.4. The molecule has 1 aliphatic rings. The standard InChI is InChI=1S/C17H18ClFN2O/c1-11-4-5-14(18)17(15(11)19)22-16(13-6-8-21-10-13)12-3-2-7-20-9-12/h2-5,7,9,13,16,21H,6,8,10H2,1H3/t13-,16?/m0/s1. The summed E-state index contributed by atoms with van der Waals surface area (Å²) in [4.78, 5) is 4.15. The Morgan fingerprint density at radius 2 is 2.27 bits per heavy atom. The zero-order chi connectivity index (χ0) is 15.5. The minimum Gasteiger partial charge on any atom is -0.481 e. The van der Waals surface area contributed by atoms with Crippen LogP contribution in [0.25, 0.3) is 0 Å². The zero-order valence-corrected chi connectivity index (χ0v) is 13.1. The molecule has 3 nitrogen and oxygen atoms in total. The summed E-state index contributed by atoms with van der Waals surface area (Å²) in [6.07, 6.45) is 4.19. The molecule has 2 aromatic rings. The van der Waals surface area contributed by atoms with Crippen molar-refractivity contribution in [2.45, 2.75) is 19.4 Å². The average Bonchev–Trinajstić information content (AvgIpc) is 3.06. The molecule has 0 aliphatic carbocycles. The first-order valence-electron chi connectivity index (χ1n) is 7.38. The highest BCUT2D eigenvalue weighted by molar-refractivity contribution is 6.32. The van der Waals surface area contributed by atoms with E-state index < -0.39 is 5.82 Å². The quantitative estimate of drug-likeness (QED) is 0.927. The van der Waals surface area contributed by atoms with Gasteiger partial charge in [-0.25, -0.2) is 4.39 Å². The van der Waals surface area contributed by atoms with Crippen LogP contribution in [0.4, 0.5) is 4.39 Å². The van der Waals surface area contributed by atoms with Crippen LogP contribution < -0.4 is 10.1 Å². The summed E-state index contributed by atoms with van der Waals surface area (Å²) in [5.74, 6) is -0.00468. The van der Waals surface area contributed by atoms with Gasteiger partial charge in [0.2, 0.25) is 0 Å². The molecule has 3 rings (SSSR count). The number of pyridine rings is 1. The van der Waals surface area contributed by atoms with Gasteiger partial charge in [-0.2, -0.15) is 0 Å². The predicted octanol–water partition coefficient (Wildman–Crippen LogP) is 3.91. The molecule has 1 N–H and O–H groups in total. The summed E-state index contributed by atoms with van der Waals surface area (Å²) in [6, 6.07) is 7.14. The minimum absolute atomic E-state index is 0.127. The van der Waals surface area contributed by atoms with E-state index in [0.717, 1.165) is 25.1 Å². The van der Waals surface area contributed by atoms with Crippen molar-refractivity contribution in [3.63, 3.8) is 0 Å². The first-order chi connectivity index (χ1) is 10.7. The summed E-state index contributed by atoms with van der Waals surface area (Å²) in [7, 11) is 0. The highest BCUT2D eigenvalue weighted by atomic mass is 35.5. The van der Waals surface area contributed by atoms with E-state index in [1.54, 1.807) is 31.5 Å². The number of nitrogens with one attached hydrogen (secondary N) is 1. The third kappa shape index (κ3) is 3.08. The molecular formula is C17H18ClFN2O. The third-order valence-corrected chi connectivity index (χ3v) is 4.32. The van der Waals surface area contributed by atoms with E-state index >= 15 is 0 Å². The topological polar surface area (TPSA) is 34.1 Å². The highest BCUT2D eigenvalue weighted by Gasteiger charge is 2.29. The Kier molecular flexibility index (Phi) is 4.60. The van der Waals surface area contributed by atoms with Crippen molar-refractivity contribution in [1.29, 1.82) is 0 Å². The second-order valence-corrected chi connectivity index (χ2v) is 5.99. The van der Waals surface area contributed by atoms with Gasteiger partial charge >= 0.3 is 0 Å². The Bertz CT molecular complexity index is 645. The van der Waals surface area contributed by atoms with Crippen LogP contribution >= 0.6 is 11.6 Å². The van der Waals surface area contributed by atoms with E-state index in [0.29, 0.717) is 10.6 Å². The van der Waals surface area contributed by atoms with E-state index in [-0.39, 0.29) is 17.8 Å². The number of nitrogens with zero attached hydrogens (tertiary/aromatic N) is 1. The normalized spacial score (nSPS) is 19.1. The third-order valence-electron chi connectivity index (χ3n) is 4.03. The molecule has 1 fully saturated rings. The number of ether oxygens (including phenoxy) is 1. The Hall–Kier alpha value is -1.65. The van der Waals surface area contributed by atoms with Crippen molar-refractivity contribution in [2.75, 3.05) is 13.1 Å². The minimum atomic E-state index is -0.396. The van der Waals surface area contributed by atoms with E-state index in [9.17, 15) is 4.39 Å². The number of rotatable bonds is 4. The molecule has 0 amide bonds. The van der Waals surface area contributed by atoms with E-state index in [4.69, 9.17) is 16.3 Å². The van der Waals surface area contributed by atoms with Gasteiger partial charge in [-0.3, -0.25) is 4.98 Å². The molecule has 1 unspecified atom stereocenters.